The van der Waals surface area contributed by atoms with E-state index in [0.717, 1.165) is 6.42 Å². The number of likely N-dealkylation sites (tertiary alicyclic amines) is 1. The number of aryl methyl sites for hydroxylation is 1. The zero-order chi connectivity index (χ0) is 14.8. The first-order chi connectivity index (χ1) is 9.41. The number of amides is 1. The van der Waals surface area contributed by atoms with E-state index in [1.807, 2.05) is 6.92 Å². The fourth-order valence-electron chi connectivity index (χ4n) is 2.31. The molecule has 1 aromatic rings. The lowest BCUT2D eigenvalue weighted by atomic mass is 9.97. The standard InChI is InChI=1S/C12H17F3N4O/c1-2-4-9-16-10(18-17-9)11(20)19-6-3-5-8(7-19)12(13,14)15/h8H,2-7H2,1H3,(H,16,17,18). The third-order valence-electron chi connectivity index (χ3n) is 3.38. The summed E-state index contributed by atoms with van der Waals surface area (Å²) in [5.41, 5.74) is 0. The van der Waals surface area contributed by atoms with E-state index in [-0.39, 0.29) is 18.8 Å². The summed E-state index contributed by atoms with van der Waals surface area (Å²) in [5.74, 6) is -1.44. The van der Waals surface area contributed by atoms with Gasteiger partial charge in [-0.15, -0.1) is 5.10 Å². The van der Waals surface area contributed by atoms with Gasteiger partial charge in [-0.25, -0.2) is 4.98 Å². The summed E-state index contributed by atoms with van der Waals surface area (Å²) in [7, 11) is 0. The molecule has 20 heavy (non-hydrogen) atoms. The van der Waals surface area contributed by atoms with Gasteiger partial charge in [0.25, 0.3) is 5.91 Å². The van der Waals surface area contributed by atoms with Crippen LogP contribution in [0.15, 0.2) is 0 Å². The quantitative estimate of drug-likeness (QED) is 0.928. The number of piperidine rings is 1. The summed E-state index contributed by atoms with van der Waals surface area (Å²) in [6, 6.07) is 0. The summed E-state index contributed by atoms with van der Waals surface area (Å²) < 4.78 is 38.1. The van der Waals surface area contributed by atoms with Crippen LogP contribution in [0, 0.1) is 5.92 Å². The van der Waals surface area contributed by atoms with E-state index >= 15 is 0 Å². The molecule has 1 fully saturated rings. The monoisotopic (exact) mass is 290 g/mol. The third kappa shape index (κ3) is 3.29. The molecule has 0 aliphatic carbocycles. The molecule has 2 heterocycles. The van der Waals surface area contributed by atoms with Gasteiger partial charge in [0.2, 0.25) is 5.82 Å². The second-order valence-electron chi connectivity index (χ2n) is 4.99. The summed E-state index contributed by atoms with van der Waals surface area (Å²) in [6.07, 6.45) is -2.33. The molecule has 0 saturated carbocycles. The second kappa shape index (κ2) is 5.80. The Kier molecular flexibility index (Phi) is 4.29. The summed E-state index contributed by atoms with van der Waals surface area (Å²) in [4.78, 5) is 17.3. The van der Waals surface area contributed by atoms with Crippen molar-refractivity contribution in [2.24, 2.45) is 5.92 Å². The van der Waals surface area contributed by atoms with Crippen molar-refractivity contribution in [3.05, 3.63) is 11.6 Å². The van der Waals surface area contributed by atoms with Gasteiger partial charge in [0, 0.05) is 19.5 Å². The zero-order valence-corrected chi connectivity index (χ0v) is 11.2. The summed E-state index contributed by atoms with van der Waals surface area (Å²) in [6.45, 7) is 1.98. The minimum absolute atomic E-state index is 0.0451. The Labute approximate surface area is 114 Å². The molecule has 0 radical (unpaired) electrons. The predicted molar refractivity (Wildman–Crippen MR) is 65.1 cm³/mol. The van der Waals surface area contributed by atoms with Crippen molar-refractivity contribution in [1.82, 2.24) is 20.1 Å². The van der Waals surface area contributed by atoms with Crippen LogP contribution in [0.25, 0.3) is 0 Å². The Morgan fingerprint density at radius 1 is 1.50 bits per heavy atom. The average molecular weight is 290 g/mol. The molecule has 1 N–H and O–H groups in total. The number of carbonyl (C=O) groups excluding carboxylic acids is 1. The number of H-pyrrole nitrogens is 1. The van der Waals surface area contributed by atoms with Gasteiger partial charge in [-0.3, -0.25) is 9.89 Å². The number of aromatic amines is 1. The van der Waals surface area contributed by atoms with E-state index in [9.17, 15) is 18.0 Å². The number of halogens is 3. The molecule has 1 aliphatic heterocycles. The highest BCUT2D eigenvalue weighted by atomic mass is 19.4. The smallest absolute Gasteiger partial charge is 0.335 e. The van der Waals surface area contributed by atoms with Gasteiger partial charge in [-0.05, 0) is 19.3 Å². The molecule has 1 aliphatic rings. The maximum Gasteiger partial charge on any atom is 0.393 e. The SMILES string of the molecule is CCCc1nc(C(=O)N2CCCC(C(F)(F)F)C2)n[nH]1. The molecule has 0 aromatic carbocycles. The molecule has 1 unspecified atom stereocenters. The maximum atomic E-state index is 12.7. The van der Waals surface area contributed by atoms with Crippen molar-refractivity contribution in [3.63, 3.8) is 0 Å². The van der Waals surface area contributed by atoms with Crippen molar-refractivity contribution in [2.45, 2.75) is 38.8 Å². The van der Waals surface area contributed by atoms with Gasteiger partial charge in [-0.2, -0.15) is 13.2 Å². The lowest BCUT2D eigenvalue weighted by molar-refractivity contribution is -0.184. The number of nitrogens with zero attached hydrogens (tertiary/aromatic N) is 3. The van der Waals surface area contributed by atoms with Crippen molar-refractivity contribution >= 4 is 5.91 Å². The first-order valence-electron chi connectivity index (χ1n) is 6.69. The van der Waals surface area contributed by atoms with E-state index in [1.165, 1.54) is 4.90 Å². The van der Waals surface area contributed by atoms with E-state index < -0.39 is 18.0 Å². The molecule has 1 aromatic heterocycles. The van der Waals surface area contributed by atoms with E-state index in [4.69, 9.17) is 0 Å². The van der Waals surface area contributed by atoms with Crippen LogP contribution < -0.4 is 0 Å². The minimum atomic E-state index is -4.26. The van der Waals surface area contributed by atoms with E-state index in [2.05, 4.69) is 15.2 Å². The molecular weight excluding hydrogens is 273 g/mol. The van der Waals surface area contributed by atoms with Gasteiger partial charge in [-0.1, -0.05) is 6.92 Å². The fourth-order valence-corrected chi connectivity index (χ4v) is 2.31. The molecule has 1 amide bonds. The lowest BCUT2D eigenvalue weighted by Crippen LogP contribution is -2.44. The number of rotatable bonds is 3. The highest BCUT2D eigenvalue weighted by molar-refractivity contribution is 5.90. The van der Waals surface area contributed by atoms with E-state index in [1.54, 1.807) is 0 Å². The van der Waals surface area contributed by atoms with Crippen molar-refractivity contribution < 1.29 is 18.0 Å². The number of hydrogen-bond donors (Lipinski definition) is 1. The number of aromatic nitrogens is 3. The predicted octanol–water partition coefficient (Wildman–Crippen LogP) is 2.17. The molecule has 1 atom stereocenters. The van der Waals surface area contributed by atoms with Crippen molar-refractivity contribution in [3.8, 4) is 0 Å². The number of hydrogen-bond acceptors (Lipinski definition) is 3. The van der Waals surface area contributed by atoms with Gasteiger partial charge in [0.1, 0.15) is 5.82 Å². The van der Waals surface area contributed by atoms with Gasteiger partial charge in [0.05, 0.1) is 5.92 Å². The minimum Gasteiger partial charge on any atom is -0.335 e. The zero-order valence-electron chi connectivity index (χ0n) is 11.2. The Hall–Kier alpha value is -1.60. The Morgan fingerprint density at radius 2 is 2.25 bits per heavy atom. The second-order valence-corrected chi connectivity index (χ2v) is 4.99. The summed E-state index contributed by atoms with van der Waals surface area (Å²) in [5, 5.41) is 6.43. The largest absolute Gasteiger partial charge is 0.393 e. The number of nitrogens with one attached hydrogen (secondary N) is 1. The normalized spacial score (nSPS) is 20.2. The van der Waals surface area contributed by atoms with Gasteiger partial charge < -0.3 is 4.90 Å². The fraction of sp³-hybridized carbons (Fsp3) is 0.750. The molecule has 0 spiro atoms. The number of alkyl halides is 3. The van der Waals surface area contributed by atoms with Gasteiger partial charge in [0.15, 0.2) is 0 Å². The average Bonchev–Trinajstić information content (AvgIpc) is 2.86. The Morgan fingerprint density at radius 3 is 2.90 bits per heavy atom. The maximum absolute atomic E-state index is 12.7. The molecule has 5 nitrogen and oxygen atoms in total. The molecule has 0 bridgehead atoms. The molecule has 112 valence electrons. The first-order valence-corrected chi connectivity index (χ1v) is 6.69. The molecule has 2 rings (SSSR count). The van der Waals surface area contributed by atoms with Crippen molar-refractivity contribution in [2.75, 3.05) is 13.1 Å². The number of carbonyl (C=O) groups is 1. The van der Waals surface area contributed by atoms with E-state index in [0.29, 0.717) is 25.2 Å². The molecular formula is C12H17F3N4O. The Balaban J connectivity index is 2.04. The molecule has 8 heteroatoms. The van der Waals surface area contributed by atoms with Crippen molar-refractivity contribution in [1.29, 1.82) is 0 Å². The summed E-state index contributed by atoms with van der Waals surface area (Å²) >= 11 is 0. The van der Waals surface area contributed by atoms with Crippen LogP contribution in [-0.2, 0) is 6.42 Å². The van der Waals surface area contributed by atoms with Crippen LogP contribution in [0.2, 0.25) is 0 Å². The lowest BCUT2D eigenvalue weighted by Gasteiger charge is -2.33. The van der Waals surface area contributed by atoms with Crippen LogP contribution >= 0.6 is 0 Å². The third-order valence-corrected chi connectivity index (χ3v) is 3.38. The van der Waals surface area contributed by atoms with Gasteiger partial charge >= 0.3 is 6.18 Å². The van der Waals surface area contributed by atoms with Crippen LogP contribution in [0.5, 0.6) is 0 Å². The van der Waals surface area contributed by atoms with Crippen LogP contribution in [0.4, 0.5) is 13.2 Å². The Bertz CT molecular complexity index is 472. The highest BCUT2D eigenvalue weighted by Crippen LogP contribution is 2.33. The van der Waals surface area contributed by atoms with Crippen LogP contribution in [0.1, 0.15) is 42.6 Å². The highest BCUT2D eigenvalue weighted by Gasteiger charge is 2.43. The van der Waals surface area contributed by atoms with Crippen LogP contribution in [-0.4, -0.2) is 45.3 Å². The first kappa shape index (κ1) is 14.8. The molecule has 1 saturated heterocycles. The van der Waals surface area contributed by atoms with Crippen LogP contribution in [0.3, 0.4) is 0 Å². The topological polar surface area (TPSA) is 61.9 Å².